The molecule has 0 spiro atoms. The van der Waals surface area contributed by atoms with E-state index in [9.17, 15) is 13.2 Å². The molecule has 0 saturated carbocycles. The Labute approximate surface area is 114 Å². The van der Waals surface area contributed by atoms with Gasteiger partial charge in [-0.1, -0.05) is 5.92 Å². The van der Waals surface area contributed by atoms with Crippen LogP contribution in [0.1, 0.15) is 10.4 Å². The number of hydrogen-bond acceptors (Lipinski definition) is 3. The fourth-order valence-electron chi connectivity index (χ4n) is 1.22. The first kappa shape index (κ1) is 14.7. The highest BCUT2D eigenvalue weighted by Gasteiger charge is 2.22. The van der Waals surface area contributed by atoms with Crippen LogP contribution in [-0.4, -0.2) is 37.4 Å². The number of benzene rings is 1. The Morgan fingerprint density at radius 3 is 2.67 bits per heavy atom. The van der Waals surface area contributed by atoms with Crippen LogP contribution in [-0.2, 0) is 10.0 Å². The van der Waals surface area contributed by atoms with Crippen molar-refractivity contribution in [2.75, 3.05) is 13.6 Å². The van der Waals surface area contributed by atoms with Crippen LogP contribution in [0.15, 0.2) is 27.6 Å². The minimum atomic E-state index is -3.77. The molecule has 0 aliphatic heterocycles. The quantitative estimate of drug-likeness (QED) is 0.846. The summed E-state index contributed by atoms with van der Waals surface area (Å²) in [7, 11) is -2.44. The van der Waals surface area contributed by atoms with Gasteiger partial charge in [-0.25, -0.2) is 13.2 Å². The van der Waals surface area contributed by atoms with E-state index in [-0.39, 0.29) is 17.0 Å². The monoisotopic (exact) mass is 331 g/mol. The molecule has 0 saturated heterocycles. The Morgan fingerprint density at radius 1 is 1.56 bits per heavy atom. The van der Waals surface area contributed by atoms with Gasteiger partial charge in [-0.05, 0) is 34.1 Å². The lowest BCUT2D eigenvalue weighted by Crippen LogP contribution is -2.27. The number of carbonyl (C=O) groups is 1. The zero-order chi connectivity index (χ0) is 13.9. The topological polar surface area (TPSA) is 74.7 Å². The molecule has 5 nitrogen and oxygen atoms in total. The van der Waals surface area contributed by atoms with Crippen molar-refractivity contribution in [3.8, 4) is 12.3 Å². The fourth-order valence-corrected chi connectivity index (χ4v) is 2.75. The number of carboxylic acid groups (broad SMARTS) is 1. The average molecular weight is 332 g/mol. The molecule has 1 rings (SSSR count). The van der Waals surface area contributed by atoms with E-state index in [4.69, 9.17) is 11.5 Å². The summed E-state index contributed by atoms with van der Waals surface area (Å²) in [5.41, 5.74) is -0.120. The van der Waals surface area contributed by atoms with Crippen molar-refractivity contribution >= 4 is 31.9 Å². The number of terminal acetylenes is 1. The Kier molecular flexibility index (Phi) is 4.51. The standard InChI is InChI=1S/C11H10BrNO4S/c1-3-6-13(2)18(16,17)8-4-5-10(12)9(7-8)11(14)15/h1,4-5,7H,6H2,2H3,(H,14,15). The summed E-state index contributed by atoms with van der Waals surface area (Å²) in [6.45, 7) is -0.0825. The fraction of sp³-hybridized carbons (Fsp3) is 0.182. The van der Waals surface area contributed by atoms with Crippen LogP contribution in [0.3, 0.4) is 0 Å². The third-order valence-electron chi connectivity index (χ3n) is 2.19. The van der Waals surface area contributed by atoms with E-state index >= 15 is 0 Å². The molecular weight excluding hydrogens is 322 g/mol. The van der Waals surface area contributed by atoms with Crippen molar-refractivity contribution in [3.05, 3.63) is 28.2 Å². The van der Waals surface area contributed by atoms with E-state index in [2.05, 4.69) is 21.9 Å². The summed E-state index contributed by atoms with van der Waals surface area (Å²) in [5, 5.41) is 8.93. The second kappa shape index (κ2) is 5.52. The van der Waals surface area contributed by atoms with Crippen molar-refractivity contribution in [3.63, 3.8) is 0 Å². The van der Waals surface area contributed by atoms with Gasteiger partial charge in [-0.15, -0.1) is 6.42 Å². The molecule has 0 radical (unpaired) electrons. The van der Waals surface area contributed by atoms with Crippen LogP contribution in [0, 0.1) is 12.3 Å². The normalized spacial score (nSPS) is 11.2. The molecule has 1 aromatic rings. The van der Waals surface area contributed by atoms with Gasteiger partial charge in [0.15, 0.2) is 0 Å². The summed E-state index contributed by atoms with van der Waals surface area (Å²) < 4.78 is 25.3. The molecule has 0 aliphatic carbocycles. The lowest BCUT2D eigenvalue weighted by Gasteiger charge is -2.14. The molecule has 0 amide bonds. The maximum absolute atomic E-state index is 12.0. The Bertz CT molecular complexity index is 618. The van der Waals surface area contributed by atoms with E-state index in [1.807, 2.05) is 0 Å². The minimum absolute atomic E-state index is 0.0825. The maximum Gasteiger partial charge on any atom is 0.336 e. The molecule has 0 bridgehead atoms. The van der Waals surface area contributed by atoms with E-state index in [0.717, 1.165) is 10.4 Å². The summed E-state index contributed by atoms with van der Waals surface area (Å²) >= 11 is 3.04. The van der Waals surface area contributed by atoms with E-state index in [1.54, 1.807) is 0 Å². The smallest absolute Gasteiger partial charge is 0.336 e. The van der Waals surface area contributed by atoms with Crippen molar-refractivity contribution in [2.45, 2.75) is 4.90 Å². The Hall–Kier alpha value is -1.36. The highest BCUT2D eigenvalue weighted by atomic mass is 79.9. The van der Waals surface area contributed by atoms with Crippen molar-refractivity contribution in [1.82, 2.24) is 4.31 Å². The lowest BCUT2D eigenvalue weighted by molar-refractivity contribution is 0.0695. The van der Waals surface area contributed by atoms with E-state index < -0.39 is 16.0 Å². The number of rotatable bonds is 4. The first-order valence-electron chi connectivity index (χ1n) is 4.73. The molecule has 0 heterocycles. The van der Waals surface area contributed by atoms with Crippen LogP contribution in [0.4, 0.5) is 0 Å². The van der Waals surface area contributed by atoms with E-state index in [1.165, 1.54) is 19.2 Å². The molecule has 0 aromatic heterocycles. The van der Waals surface area contributed by atoms with Crippen LogP contribution in [0.2, 0.25) is 0 Å². The van der Waals surface area contributed by atoms with Crippen LogP contribution in [0.5, 0.6) is 0 Å². The Morgan fingerprint density at radius 2 is 2.17 bits per heavy atom. The highest BCUT2D eigenvalue weighted by molar-refractivity contribution is 9.10. The number of halogens is 1. The number of nitrogens with zero attached hydrogens (tertiary/aromatic N) is 1. The summed E-state index contributed by atoms with van der Waals surface area (Å²) in [6.07, 6.45) is 5.05. The van der Waals surface area contributed by atoms with Gasteiger partial charge in [0.05, 0.1) is 17.0 Å². The number of hydrogen-bond donors (Lipinski definition) is 1. The Balaban J connectivity index is 3.31. The molecule has 7 heteroatoms. The minimum Gasteiger partial charge on any atom is -0.478 e. The summed E-state index contributed by atoms with van der Waals surface area (Å²) in [6, 6.07) is 3.79. The van der Waals surface area contributed by atoms with Crippen LogP contribution in [0.25, 0.3) is 0 Å². The van der Waals surface area contributed by atoms with Gasteiger partial charge in [0.1, 0.15) is 0 Å². The van der Waals surface area contributed by atoms with Crippen LogP contribution >= 0.6 is 15.9 Å². The second-order valence-electron chi connectivity index (χ2n) is 3.41. The molecule has 1 aromatic carbocycles. The van der Waals surface area contributed by atoms with Crippen molar-refractivity contribution < 1.29 is 18.3 Å². The number of carboxylic acids is 1. The molecule has 0 fully saturated rings. The third-order valence-corrected chi connectivity index (χ3v) is 4.68. The lowest BCUT2D eigenvalue weighted by atomic mass is 10.2. The second-order valence-corrected chi connectivity index (χ2v) is 6.31. The molecule has 1 N–H and O–H groups in total. The maximum atomic E-state index is 12.0. The van der Waals surface area contributed by atoms with Crippen molar-refractivity contribution in [2.24, 2.45) is 0 Å². The van der Waals surface area contributed by atoms with Gasteiger partial charge in [0.2, 0.25) is 10.0 Å². The zero-order valence-electron chi connectivity index (χ0n) is 9.42. The number of aromatic carboxylic acids is 1. The highest BCUT2D eigenvalue weighted by Crippen LogP contribution is 2.22. The largest absolute Gasteiger partial charge is 0.478 e. The molecular formula is C11H10BrNO4S. The predicted molar refractivity (Wildman–Crippen MR) is 69.8 cm³/mol. The van der Waals surface area contributed by atoms with Gasteiger partial charge >= 0.3 is 5.97 Å². The van der Waals surface area contributed by atoms with Gasteiger partial charge in [0.25, 0.3) is 0 Å². The molecule has 0 atom stereocenters. The zero-order valence-corrected chi connectivity index (χ0v) is 11.8. The summed E-state index contributed by atoms with van der Waals surface area (Å²) in [4.78, 5) is 10.8. The SMILES string of the molecule is C#CCN(C)S(=O)(=O)c1ccc(Br)c(C(=O)O)c1. The first-order valence-corrected chi connectivity index (χ1v) is 6.96. The number of sulfonamides is 1. The summed E-state index contributed by atoms with van der Waals surface area (Å²) in [5.74, 6) is 1.00. The molecule has 18 heavy (non-hydrogen) atoms. The van der Waals surface area contributed by atoms with Crippen LogP contribution < -0.4 is 0 Å². The molecule has 96 valence electrons. The van der Waals surface area contributed by atoms with Crippen molar-refractivity contribution in [1.29, 1.82) is 0 Å². The van der Waals surface area contributed by atoms with Gasteiger partial charge in [0, 0.05) is 11.5 Å². The molecule has 0 unspecified atom stereocenters. The van der Waals surface area contributed by atoms with Gasteiger partial charge in [-0.2, -0.15) is 4.31 Å². The average Bonchev–Trinajstić information content (AvgIpc) is 2.29. The van der Waals surface area contributed by atoms with E-state index in [0.29, 0.717) is 4.47 Å². The third kappa shape index (κ3) is 2.90. The predicted octanol–water partition coefficient (Wildman–Crippen LogP) is 1.40. The van der Waals surface area contributed by atoms with Gasteiger partial charge in [-0.3, -0.25) is 0 Å². The molecule has 0 aliphatic rings. The van der Waals surface area contributed by atoms with Gasteiger partial charge < -0.3 is 5.11 Å². The first-order chi connectivity index (χ1) is 8.30.